The van der Waals surface area contributed by atoms with Crippen LogP contribution in [0.2, 0.25) is 0 Å². The third-order valence-electron chi connectivity index (χ3n) is 1.87. The van der Waals surface area contributed by atoms with Crippen LogP contribution in [-0.2, 0) is 0 Å². The van der Waals surface area contributed by atoms with E-state index >= 15 is 0 Å². The van der Waals surface area contributed by atoms with Gasteiger partial charge < -0.3 is 0 Å². The number of fused-ring (bicyclic) bond motifs is 1. The fraction of sp³-hybridized carbons (Fsp3) is 0. The Hall–Kier alpha value is -1.74. The van der Waals surface area contributed by atoms with Crippen LogP contribution < -0.4 is 0 Å². The van der Waals surface area contributed by atoms with Crippen molar-refractivity contribution in [3.63, 3.8) is 0 Å². The van der Waals surface area contributed by atoms with E-state index in [1.165, 1.54) is 5.39 Å². The predicted molar refractivity (Wildman–Crippen MR) is 50.7 cm³/mol. The minimum absolute atomic E-state index is 0.841. The summed E-state index contributed by atoms with van der Waals surface area (Å²) in [7, 11) is 0. The van der Waals surface area contributed by atoms with Gasteiger partial charge in [-0.3, -0.25) is 0 Å². The Morgan fingerprint density at radius 2 is 2.00 bits per heavy atom. The zero-order valence-electron chi connectivity index (χ0n) is 6.54. The van der Waals surface area contributed by atoms with Crippen molar-refractivity contribution in [1.29, 1.82) is 0 Å². The van der Waals surface area contributed by atoms with Crippen LogP contribution in [0.3, 0.4) is 0 Å². The lowest BCUT2D eigenvalue weighted by Crippen LogP contribution is -1.77. The van der Waals surface area contributed by atoms with E-state index in [4.69, 9.17) is 6.42 Å². The third kappa shape index (κ3) is 0.963. The van der Waals surface area contributed by atoms with Crippen molar-refractivity contribution in [2.75, 3.05) is 0 Å². The molecule has 0 bridgehead atoms. The summed E-state index contributed by atoms with van der Waals surface area (Å²) in [4.78, 5) is 0. The number of hydrogen-bond acceptors (Lipinski definition) is 0. The monoisotopic (exact) mass is 151 g/mol. The van der Waals surface area contributed by atoms with Gasteiger partial charge in [-0.1, -0.05) is 42.3 Å². The second-order valence-corrected chi connectivity index (χ2v) is 2.58. The summed E-state index contributed by atoms with van der Waals surface area (Å²) >= 11 is 0. The molecule has 2 rings (SSSR count). The Labute approximate surface area is 71.8 Å². The molecule has 0 atom stereocenters. The van der Waals surface area contributed by atoms with Crippen LogP contribution >= 0.6 is 0 Å². The van der Waals surface area contributed by atoms with Crippen LogP contribution in [0.4, 0.5) is 0 Å². The highest BCUT2D eigenvalue weighted by Gasteiger charge is 1.95. The van der Waals surface area contributed by atoms with Crippen molar-refractivity contribution >= 4 is 10.8 Å². The fourth-order valence-corrected chi connectivity index (χ4v) is 1.28. The van der Waals surface area contributed by atoms with Crippen molar-refractivity contribution in [1.82, 2.24) is 0 Å². The Morgan fingerprint density at radius 3 is 2.83 bits per heavy atom. The molecule has 0 aliphatic carbocycles. The van der Waals surface area contributed by atoms with Gasteiger partial charge in [-0.15, -0.1) is 6.42 Å². The van der Waals surface area contributed by atoms with Gasteiger partial charge in [0.15, 0.2) is 0 Å². The van der Waals surface area contributed by atoms with E-state index in [0.29, 0.717) is 0 Å². The second kappa shape index (κ2) is 2.71. The SMILES string of the molecule is C#Cc1[c]ccc2ccccc12. The first-order chi connectivity index (χ1) is 5.92. The largest absolute Gasteiger partial charge is 0.115 e. The summed E-state index contributed by atoms with van der Waals surface area (Å²) in [6, 6.07) is 14.9. The molecule has 0 spiro atoms. The highest BCUT2D eigenvalue weighted by atomic mass is 14.0. The lowest BCUT2D eigenvalue weighted by molar-refractivity contribution is 1.69. The van der Waals surface area contributed by atoms with E-state index < -0.39 is 0 Å². The number of rotatable bonds is 0. The van der Waals surface area contributed by atoms with Crippen molar-refractivity contribution in [2.45, 2.75) is 0 Å². The summed E-state index contributed by atoms with van der Waals surface area (Å²) in [5.74, 6) is 2.61. The molecular weight excluding hydrogens is 144 g/mol. The molecule has 0 aliphatic rings. The fourth-order valence-electron chi connectivity index (χ4n) is 1.28. The van der Waals surface area contributed by atoms with E-state index in [9.17, 15) is 0 Å². The van der Waals surface area contributed by atoms with Crippen LogP contribution in [0.15, 0.2) is 36.4 Å². The summed E-state index contributed by atoms with van der Waals surface area (Å²) in [5.41, 5.74) is 0.841. The van der Waals surface area contributed by atoms with E-state index in [1.807, 2.05) is 36.4 Å². The van der Waals surface area contributed by atoms with Gasteiger partial charge in [-0.2, -0.15) is 0 Å². The van der Waals surface area contributed by atoms with Gasteiger partial charge in [0.2, 0.25) is 0 Å². The van der Waals surface area contributed by atoms with Crippen molar-refractivity contribution in [3.8, 4) is 12.3 Å². The number of hydrogen-bond donors (Lipinski definition) is 0. The Kier molecular flexibility index (Phi) is 1.57. The van der Waals surface area contributed by atoms with Crippen LogP contribution in [0.1, 0.15) is 5.56 Å². The van der Waals surface area contributed by atoms with E-state index in [2.05, 4.69) is 12.0 Å². The van der Waals surface area contributed by atoms with Crippen LogP contribution in [0.5, 0.6) is 0 Å². The van der Waals surface area contributed by atoms with Crippen molar-refractivity contribution in [2.24, 2.45) is 0 Å². The molecule has 0 aliphatic heterocycles. The van der Waals surface area contributed by atoms with Gasteiger partial charge >= 0.3 is 0 Å². The number of benzene rings is 2. The van der Waals surface area contributed by atoms with Gasteiger partial charge in [-0.05, 0) is 16.8 Å². The molecule has 0 unspecified atom stereocenters. The molecule has 0 N–H and O–H groups in total. The topological polar surface area (TPSA) is 0 Å². The third-order valence-corrected chi connectivity index (χ3v) is 1.87. The highest BCUT2D eigenvalue weighted by Crippen LogP contribution is 2.16. The summed E-state index contributed by atoms with van der Waals surface area (Å²) in [6.45, 7) is 0. The molecule has 1 radical (unpaired) electrons. The molecule has 0 heterocycles. The second-order valence-electron chi connectivity index (χ2n) is 2.58. The Morgan fingerprint density at radius 1 is 1.17 bits per heavy atom. The minimum Gasteiger partial charge on any atom is -0.115 e. The standard InChI is InChI=1S/C12H7/c1-2-10-7-5-8-11-6-3-4-9-12(10)11/h1,3-6,8-9H. The van der Waals surface area contributed by atoms with E-state index in [0.717, 1.165) is 10.9 Å². The predicted octanol–water partition coefficient (Wildman–Crippen LogP) is 2.62. The quantitative estimate of drug-likeness (QED) is 0.508. The summed E-state index contributed by atoms with van der Waals surface area (Å²) in [6.07, 6.45) is 5.33. The van der Waals surface area contributed by atoms with Gasteiger partial charge in [0, 0.05) is 5.56 Å². The summed E-state index contributed by atoms with van der Waals surface area (Å²) < 4.78 is 0. The minimum atomic E-state index is 0.841. The smallest absolute Gasteiger partial charge is 0.0399 e. The van der Waals surface area contributed by atoms with Crippen LogP contribution in [0, 0.1) is 18.4 Å². The molecule has 2 aromatic rings. The zero-order valence-corrected chi connectivity index (χ0v) is 6.54. The lowest BCUT2D eigenvalue weighted by atomic mass is 10.1. The van der Waals surface area contributed by atoms with E-state index in [1.54, 1.807) is 0 Å². The molecule has 2 aromatic carbocycles. The van der Waals surface area contributed by atoms with Crippen LogP contribution in [-0.4, -0.2) is 0 Å². The zero-order chi connectivity index (χ0) is 8.39. The molecule has 0 heteroatoms. The summed E-state index contributed by atoms with van der Waals surface area (Å²) in [5, 5.41) is 2.27. The maximum absolute atomic E-state index is 5.33. The first kappa shape index (κ1) is 6.94. The average molecular weight is 151 g/mol. The molecule has 0 nitrogen and oxygen atoms in total. The average Bonchev–Trinajstić information content (AvgIpc) is 2.17. The van der Waals surface area contributed by atoms with Gasteiger partial charge in [0.05, 0.1) is 0 Å². The maximum Gasteiger partial charge on any atom is 0.0399 e. The molecule has 55 valence electrons. The molecule has 0 saturated heterocycles. The molecular formula is C12H7. The molecule has 0 fully saturated rings. The Bertz CT molecular complexity index is 442. The first-order valence-corrected chi connectivity index (χ1v) is 3.78. The lowest BCUT2D eigenvalue weighted by Gasteiger charge is -1.97. The molecule has 0 amide bonds. The van der Waals surface area contributed by atoms with E-state index in [-0.39, 0.29) is 0 Å². The van der Waals surface area contributed by atoms with Crippen LogP contribution in [0.25, 0.3) is 10.8 Å². The number of terminal acetylenes is 1. The molecule has 0 saturated carbocycles. The normalized spacial score (nSPS) is 9.58. The van der Waals surface area contributed by atoms with Gasteiger partial charge in [0.1, 0.15) is 0 Å². The molecule has 12 heavy (non-hydrogen) atoms. The van der Waals surface area contributed by atoms with Gasteiger partial charge in [0.25, 0.3) is 0 Å². The van der Waals surface area contributed by atoms with Crippen molar-refractivity contribution in [3.05, 3.63) is 48.0 Å². The van der Waals surface area contributed by atoms with Crippen molar-refractivity contribution < 1.29 is 0 Å². The first-order valence-electron chi connectivity index (χ1n) is 3.78. The maximum atomic E-state index is 5.33. The highest BCUT2D eigenvalue weighted by molar-refractivity contribution is 5.87. The van der Waals surface area contributed by atoms with Gasteiger partial charge in [-0.25, -0.2) is 0 Å². The Balaban J connectivity index is 2.91. The molecule has 0 aromatic heterocycles.